The summed E-state index contributed by atoms with van der Waals surface area (Å²) < 4.78 is 11.4. The molecule has 0 heterocycles. The standard InChI is InChI=1S/C45H85NO6S/c1-7-9-11-13-15-17-19-21-23-25-27-29-31-33-42(48)51-36-35-40(37-53-38-41(46-39(3)47)44(50)45(4,5)6)52-43(49)34-32-30-28-26-24-22-20-18-16-14-12-10-8-2/h40-41H,7-38H2,1-6H3,(H,46,47)/t40?,41-/m0/s1. The molecule has 53 heavy (non-hydrogen) atoms. The van der Waals surface area contributed by atoms with Gasteiger partial charge in [-0.1, -0.05) is 189 Å². The maximum atomic E-state index is 13.0. The summed E-state index contributed by atoms with van der Waals surface area (Å²) >= 11 is 1.48. The predicted molar refractivity (Wildman–Crippen MR) is 225 cm³/mol. The van der Waals surface area contributed by atoms with Gasteiger partial charge in [0.05, 0.1) is 12.6 Å². The topological polar surface area (TPSA) is 98.8 Å². The second-order valence-electron chi connectivity index (χ2n) is 16.5. The molecule has 0 saturated heterocycles. The maximum Gasteiger partial charge on any atom is 0.306 e. The Labute approximate surface area is 331 Å². The fourth-order valence-electron chi connectivity index (χ4n) is 6.64. The highest BCUT2D eigenvalue weighted by atomic mass is 32.2. The van der Waals surface area contributed by atoms with Gasteiger partial charge in [-0.25, -0.2) is 0 Å². The minimum Gasteiger partial charge on any atom is -0.466 e. The average Bonchev–Trinajstić information content (AvgIpc) is 3.10. The third-order valence-corrected chi connectivity index (χ3v) is 11.2. The van der Waals surface area contributed by atoms with Crippen molar-refractivity contribution in [2.24, 2.45) is 5.41 Å². The minimum absolute atomic E-state index is 0.0294. The Morgan fingerprint density at radius 2 is 0.925 bits per heavy atom. The van der Waals surface area contributed by atoms with E-state index in [1.165, 1.54) is 147 Å². The van der Waals surface area contributed by atoms with Crippen molar-refractivity contribution in [1.29, 1.82) is 0 Å². The molecule has 1 unspecified atom stereocenters. The van der Waals surface area contributed by atoms with E-state index in [0.717, 1.165) is 38.5 Å². The number of carbonyl (C=O) groups is 4. The smallest absolute Gasteiger partial charge is 0.306 e. The number of unbranched alkanes of at least 4 members (excludes halogenated alkanes) is 24. The molecule has 0 spiro atoms. The fraction of sp³-hybridized carbons (Fsp3) is 0.911. The molecule has 0 aromatic heterocycles. The van der Waals surface area contributed by atoms with Crippen molar-refractivity contribution in [3.8, 4) is 0 Å². The number of amides is 1. The first kappa shape index (κ1) is 51.4. The summed E-state index contributed by atoms with van der Waals surface area (Å²) in [5.41, 5.74) is -0.588. The van der Waals surface area contributed by atoms with Gasteiger partial charge in [0.15, 0.2) is 5.78 Å². The lowest BCUT2D eigenvalue weighted by Crippen LogP contribution is -2.46. The monoisotopic (exact) mass is 768 g/mol. The van der Waals surface area contributed by atoms with E-state index in [0.29, 0.717) is 30.8 Å². The molecule has 0 aromatic carbocycles. The number of hydrogen-bond acceptors (Lipinski definition) is 7. The molecule has 1 N–H and O–H groups in total. The van der Waals surface area contributed by atoms with Gasteiger partial charge in [0.2, 0.25) is 5.91 Å². The van der Waals surface area contributed by atoms with Crippen LogP contribution in [0.1, 0.15) is 228 Å². The molecule has 0 bridgehead atoms. The SMILES string of the molecule is CCCCCCCCCCCCCCCC(=O)OCCC(CSC[C@H](NC(C)=O)C(=O)C(C)(C)C)OC(=O)CCCCCCCCCCCCCCC. The Kier molecular flexibility index (Phi) is 35.0. The number of ether oxygens (including phenoxy) is 2. The molecule has 0 rings (SSSR count). The van der Waals surface area contributed by atoms with E-state index in [-0.39, 0.29) is 30.2 Å². The van der Waals surface area contributed by atoms with Crippen molar-refractivity contribution in [1.82, 2.24) is 5.32 Å². The molecule has 0 fully saturated rings. The molecule has 0 aliphatic rings. The third-order valence-electron chi connectivity index (χ3n) is 9.99. The second kappa shape index (κ2) is 36.1. The average molecular weight is 768 g/mol. The van der Waals surface area contributed by atoms with Crippen LogP contribution in [0.5, 0.6) is 0 Å². The molecule has 0 aliphatic heterocycles. The number of esters is 2. The summed E-state index contributed by atoms with van der Waals surface area (Å²) in [6.45, 7) is 11.7. The molecule has 312 valence electrons. The summed E-state index contributed by atoms with van der Waals surface area (Å²) in [5.74, 6) is 0.165. The zero-order valence-corrected chi connectivity index (χ0v) is 36.5. The van der Waals surface area contributed by atoms with Crippen LogP contribution < -0.4 is 5.32 Å². The van der Waals surface area contributed by atoms with Gasteiger partial charge < -0.3 is 14.8 Å². The van der Waals surface area contributed by atoms with Crippen LogP contribution in [-0.4, -0.2) is 53.9 Å². The Balaban J connectivity index is 4.51. The first-order chi connectivity index (χ1) is 25.5. The van der Waals surface area contributed by atoms with Crippen molar-refractivity contribution in [3.63, 3.8) is 0 Å². The van der Waals surface area contributed by atoms with E-state index in [1.54, 1.807) is 0 Å². The Bertz CT molecular complexity index is 904. The Hall–Kier alpha value is -1.57. The molecule has 1 amide bonds. The molecular weight excluding hydrogens is 683 g/mol. The number of thioether (sulfide) groups is 1. The van der Waals surface area contributed by atoms with Crippen molar-refractivity contribution in [3.05, 3.63) is 0 Å². The molecule has 0 aromatic rings. The molecular formula is C45H85NO6S. The normalized spacial score (nSPS) is 12.7. The number of rotatable bonds is 38. The van der Waals surface area contributed by atoms with Crippen molar-refractivity contribution < 1.29 is 28.7 Å². The maximum absolute atomic E-state index is 13.0. The Morgan fingerprint density at radius 1 is 0.547 bits per heavy atom. The van der Waals surface area contributed by atoms with E-state index in [1.807, 2.05) is 20.8 Å². The van der Waals surface area contributed by atoms with Crippen LogP contribution in [0, 0.1) is 5.41 Å². The van der Waals surface area contributed by atoms with Gasteiger partial charge >= 0.3 is 11.9 Å². The summed E-state index contributed by atoms with van der Waals surface area (Å²) in [4.78, 5) is 50.1. The number of ketones is 1. The van der Waals surface area contributed by atoms with Crippen LogP contribution in [0.2, 0.25) is 0 Å². The van der Waals surface area contributed by atoms with E-state index < -0.39 is 17.6 Å². The summed E-state index contributed by atoms with van der Waals surface area (Å²) in [5, 5.41) is 2.79. The summed E-state index contributed by atoms with van der Waals surface area (Å²) in [7, 11) is 0. The van der Waals surface area contributed by atoms with E-state index in [2.05, 4.69) is 19.2 Å². The van der Waals surface area contributed by atoms with Gasteiger partial charge in [-0.15, -0.1) is 0 Å². The van der Waals surface area contributed by atoms with Crippen LogP contribution in [0.3, 0.4) is 0 Å². The quantitative estimate of drug-likeness (QED) is 0.0493. The lowest BCUT2D eigenvalue weighted by molar-refractivity contribution is -0.150. The van der Waals surface area contributed by atoms with Gasteiger partial charge in [0.1, 0.15) is 6.10 Å². The van der Waals surface area contributed by atoms with Gasteiger partial charge in [0, 0.05) is 43.1 Å². The zero-order chi connectivity index (χ0) is 39.4. The molecule has 2 atom stereocenters. The van der Waals surface area contributed by atoms with Crippen LogP contribution in [-0.2, 0) is 28.7 Å². The van der Waals surface area contributed by atoms with Crippen molar-refractivity contribution in [2.45, 2.75) is 240 Å². The first-order valence-electron chi connectivity index (χ1n) is 22.2. The molecule has 8 heteroatoms. The van der Waals surface area contributed by atoms with Gasteiger partial charge in [0.25, 0.3) is 0 Å². The highest BCUT2D eigenvalue weighted by molar-refractivity contribution is 7.99. The predicted octanol–water partition coefficient (Wildman–Crippen LogP) is 12.6. The molecule has 0 aliphatic carbocycles. The van der Waals surface area contributed by atoms with Gasteiger partial charge in [-0.3, -0.25) is 19.2 Å². The minimum atomic E-state index is -0.613. The van der Waals surface area contributed by atoms with Crippen LogP contribution in [0.4, 0.5) is 0 Å². The summed E-state index contributed by atoms with van der Waals surface area (Å²) in [6.07, 6.45) is 33.5. The molecule has 0 radical (unpaired) electrons. The number of nitrogens with one attached hydrogen (secondary N) is 1. The lowest BCUT2D eigenvalue weighted by Gasteiger charge is -2.25. The van der Waals surface area contributed by atoms with E-state index in [9.17, 15) is 19.2 Å². The van der Waals surface area contributed by atoms with Gasteiger partial charge in [-0.2, -0.15) is 11.8 Å². The molecule has 0 saturated carbocycles. The second-order valence-corrected chi connectivity index (χ2v) is 17.6. The fourth-order valence-corrected chi connectivity index (χ4v) is 7.74. The van der Waals surface area contributed by atoms with Crippen LogP contribution in [0.15, 0.2) is 0 Å². The lowest BCUT2D eigenvalue weighted by atomic mass is 9.87. The molecule has 7 nitrogen and oxygen atoms in total. The summed E-state index contributed by atoms with van der Waals surface area (Å²) in [6, 6.07) is -0.613. The van der Waals surface area contributed by atoms with Gasteiger partial charge in [-0.05, 0) is 12.8 Å². The van der Waals surface area contributed by atoms with Crippen LogP contribution >= 0.6 is 11.8 Å². The zero-order valence-electron chi connectivity index (χ0n) is 35.6. The number of Topliss-reactive ketones (excluding diaryl/α,β-unsaturated/α-hetero) is 1. The first-order valence-corrected chi connectivity index (χ1v) is 23.4. The number of carbonyl (C=O) groups excluding carboxylic acids is 4. The van der Waals surface area contributed by atoms with E-state index in [4.69, 9.17) is 9.47 Å². The highest BCUT2D eigenvalue weighted by Gasteiger charge is 2.30. The number of hydrogen-bond donors (Lipinski definition) is 1. The van der Waals surface area contributed by atoms with E-state index >= 15 is 0 Å². The highest BCUT2D eigenvalue weighted by Crippen LogP contribution is 2.21. The third kappa shape index (κ3) is 34.6. The van der Waals surface area contributed by atoms with Crippen molar-refractivity contribution in [2.75, 3.05) is 18.1 Å². The Morgan fingerprint density at radius 3 is 1.30 bits per heavy atom. The largest absolute Gasteiger partial charge is 0.466 e. The van der Waals surface area contributed by atoms with Crippen molar-refractivity contribution >= 4 is 35.4 Å². The van der Waals surface area contributed by atoms with Crippen LogP contribution in [0.25, 0.3) is 0 Å².